The number of hydrogen-bond donors (Lipinski definition) is 0. The molecule has 0 N–H and O–H groups in total. The number of hydrogen-bond acceptors (Lipinski definition) is 6. The van der Waals surface area contributed by atoms with Crippen molar-refractivity contribution in [2.75, 3.05) is 19.1 Å². The molecule has 164 valence electrons. The van der Waals surface area contributed by atoms with Crippen LogP contribution >= 0.6 is 11.3 Å². The van der Waals surface area contributed by atoms with Crippen molar-refractivity contribution in [3.8, 4) is 11.5 Å². The highest BCUT2D eigenvalue weighted by Crippen LogP contribution is 2.31. The Morgan fingerprint density at radius 2 is 1.78 bits per heavy atom. The van der Waals surface area contributed by atoms with Gasteiger partial charge in [-0.3, -0.25) is 14.4 Å². The van der Waals surface area contributed by atoms with E-state index < -0.39 is 11.9 Å². The van der Waals surface area contributed by atoms with Crippen molar-refractivity contribution in [3.63, 3.8) is 0 Å². The van der Waals surface area contributed by atoms with Gasteiger partial charge in [-0.25, -0.2) is 4.90 Å². The van der Waals surface area contributed by atoms with Gasteiger partial charge in [0.05, 0.1) is 32.9 Å². The SMILES string of the molecule is COc1ccc(C(=O)N(Cc2cccs2)C2CC(=O)N(c3ccccc3)C2=O)cc1OC. The number of methoxy groups -OCH3 is 2. The lowest BCUT2D eigenvalue weighted by Gasteiger charge is -2.27. The lowest BCUT2D eigenvalue weighted by Crippen LogP contribution is -2.45. The highest BCUT2D eigenvalue weighted by Gasteiger charge is 2.44. The molecule has 1 aliphatic heterocycles. The summed E-state index contributed by atoms with van der Waals surface area (Å²) in [4.78, 5) is 43.2. The summed E-state index contributed by atoms with van der Waals surface area (Å²) in [5.41, 5.74) is 0.845. The monoisotopic (exact) mass is 450 g/mol. The summed E-state index contributed by atoms with van der Waals surface area (Å²) in [5, 5.41) is 1.91. The fraction of sp³-hybridized carbons (Fsp3) is 0.208. The normalized spacial score (nSPS) is 15.7. The molecule has 1 aromatic heterocycles. The zero-order valence-electron chi connectivity index (χ0n) is 17.7. The molecule has 2 heterocycles. The maximum Gasteiger partial charge on any atom is 0.257 e. The molecule has 1 unspecified atom stereocenters. The van der Waals surface area contributed by atoms with Crippen LogP contribution in [0.4, 0.5) is 5.69 Å². The second-order valence-electron chi connectivity index (χ2n) is 7.21. The first-order chi connectivity index (χ1) is 15.5. The molecule has 3 amide bonds. The molecule has 1 aliphatic rings. The van der Waals surface area contributed by atoms with Gasteiger partial charge in [0.2, 0.25) is 5.91 Å². The topological polar surface area (TPSA) is 76.2 Å². The molecule has 0 bridgehead atoms. The molecule has 1 atom stereocenters. The van der Waals surface area contributed by atoms with Crippen LogP contribution in [-0.2, 0) is 16.1 Å². The molecule has 4 rings (SSSR count). The largest absolute Gasteiger partial charge is 0.493 e. The third-order valence-corrected chi connectivity index (χ3v) is 6.17. The third-order valence-electron chi connectivity index (χ3n) is 5.31. The van der Waals surface area contributed by atoms with Crippen LogP contribution in [0.3, 0.4) is 0 Å². The Labute approximate surface area is 189 Å². The third kappa shape index (κ3) is 4.09. The fourth-order valence-electron chi connectivity index (χ4n) is 3.74. The molecule has 0 aliphatic carbocycles. The van der Waals surface area contributed by atoms with Gasteiger partial charge < -0.3 is 14.4 Å². The number of para-hydroxylation sites is 1. The van der Waals surface area contributed by atoms with Crippen molar-refractivity contribution in [1.29, 1.82) is 0 Å². The molecule has 7 nitrogen and oxygen atoms in total. The Morgan fingerprint density at radius 1 is 1.03 bits per heavy atom. The number of nitrogens with zero attached hydrogens (tertiary/aromatic N) is 2. The van der Waals surface area contributed by atoms with Gasteiger partial charge in [-0.15, -0.1) is 11.3 Å². The minimum atomic E-state index is -0.898. The van der Waals surface area contributed by atoms with E-state index in [1.165, 1.54) is 30.5 Å². The van der Waals surface area contributed by atoms with Crippen LogP contribution in [0, 0.1) is 0 Å². The molecule has 8 heteroatoms. The van der Waals surface area contributed by atoms with E-state index in [0.29, 0.717) is 22.7 Å². The number of anilines is 1. The number of thiophene rings is 1. The lowest BCUT2D eigenvalue weighted by molar-refractivity contribution is -0.122. The Balaban J connectivity index is 1.69. The van der Waals surface area contributed by atoms with Gasteiger partial charge in [0.1, 0.15) is 6.04 Å². The molecular weight excluding hydrogens is 428 g/mol. The highest BCUT2D eigenvalue weighted by molar-refractivity contribution is 7.09. The molecule has 1 fully saturated rings. The summed E-state index contributed by atoms with van der Waals surface area (Å²) in [6.07, 6.45) is -0.0713. The van der Waals surface area contributed by atoms with Crippen molar-refractivity contribution in [1.82, 2.24) is 4.90 Å². The number of ether oxygens (including phenoxy) is 2. The zero-order chi connectivity index (χ0) is 22.7. The molecular formula is C24H22N2O5S. The summed E-state index contributed by atoms with van der Waals surface area (Å²) in [7, 11) is 3.01. The molecule has 0 saturated carbocycles. The molecule has 0 radical (unpaired) electrons. The highest BCUT2D eigenvalue weighted by atomic mass is 32.1. The van der Waals surface area contributed by atoms with Crippen molar-refractivity contribution in [3.05, 3.63) is 76.5 Å². The van der Waals surface area contributed by atoms with Crippen LogP contribution in [0.2, 0.25) is 0 Å². The predicted octanol–water partition coefficient (Wildman–Crippen LogP) is 3.74. The second kappa shape index (κ2) is 9.23. The summed E-state index contributed by atoms with van der Waals surface area (Å²) in [6, 6.07) is 16.5. The molecule has 32 heavy (non-hydrogen) atoms. The number of carbonyl (C=O) groups is 3. The van der Waals surface area contributed by atoms with E-state index >= 15 is 0 Å². The minimum absolute atomic E-state index is 0.0713. The van der Waals surface area contributed by atoms with Crippen molar-refractivity contribution >= 4 is 34.7 Å². The van der Waals surface area contributed by atoms with Gasteiger partial charge in [0.25, 0.3) is 11.8 Å². The van der Waals surface area contributed by atoms with E-state index in [4.69, 9.17) is 9.47 Å². The molecule has 1 saturated heterocycles. The van der Waals surface area contributed by atoms with Gasteiger partial charge in [-0.1, -0.05) is 24.3 Å². The number of carbonyl (C=O) groups excluding carboxylic acids is 3. The maximum atomic E-state index is 13.6. The van der Waals surface area contributed by atoms with Crippen LogP contribution in [0.25, 0.3) is 0 Å². The average Bonchev–Trinajstić information content (AvgIpc) is 3.44. The van der Waals surface area contributed by atoms with Crippen molar-refractivity contribution < 1.29 is 23.9 Å². The first-order valence-electron chi connectivity index (χ1n) is 10.0. The molecule has 3 aromatic rings. The van der Waals surface area contributed by atoms with E-state index in [2.05, 4.69) is 0 Å². The quantitative estimate of drug-likeness (QED) is 0.513. The number of rotatable bonds is 7. The summed E-state index contributed by atoms with van der Waals surface area (Å²) in [6.45, 7) is 0.219. The van der Waals surface area contributed by atoms with E-state index in [1.54, 1.807) is 42.5 Å². The van der Waals surface area contributed by atoms with Gasteiger partial charge in [0.15, 0.2) is 11.5 Å². The van der Waals surface area contributed by atoms with Crippen LogP contribution in [0.15, 0.2) is 66.0 Å². The van der Waals surface area contributed by atoms with Crippen LogP contribution < -0.4 is 14.4 Å². The summed E-state index contributed by atoms with van der Waals surface area (Å²) >= 11 is 1.49. The van der Waals surface area contributed by atoms with Gasteiger partial charge in [-0.05, 0) is 41.8 Å². The van der Waals surface area contributed by atoms with Crippen LogP contribution in [0.1, 0.15) is 21.7 Å². The molecule has 2 aromatic carbocycles. The zero-order valence-corrected chi connectivity index (χ0v) is 18.5. The average molecular weight is 451 g/mol. The van der Waals surface area contributed by atoms with Gasteiger partial charge in [-0.2, -0.15) is 0 Å². The fourth-order valence-corrected chi connectivity index (χ4v) is 4.44. The molecule has 0 spiro atoms. The van der Waals surface area contributed by atoms with Crippen LogP contribution in [-0.4, -0.2) is 42.9 Å². The van der Waals surface area contributed by atoms with Crippen molar-refractivity contribution in [2.24, 2.45) is 0 Å². The van der Waals surface area contributed by atoms with Gasteiger partial charge in [0, 0.05) is 10.4 Å². The number of imide groups is 1. The van der Waals surface area contributed by atoms with Crippen LogP contribution in [0.5, 0.6) is 11.5 Å². The smallest absolute Gasteiger partial charge is 0.257 e. The van der Waals surface area contributed by atoms with Crippen molar-refractivity contribution in [2.45, 2.75) is 19.0 Å². The Morgan fingerprint density at radius 3 is 2.44 bits per heavy atom. The first kappa shape index (κ1) is 21.6. The van der Waals surface area contributed by atoms with E-state index in [9.17, 15) is 14.4 Å². The minimum Gasteiger partial charge on any atom is -0.493 e. The number of amides is 3. The van der Waals surface area contributed by atoms with E-state index in [1.807, 2.05) is 23.6 Å². The predicted molar refractivity (Wildman–Crippen MR) is 121 cm³/mol. The lowest BCUT2D eigenvalue weighted by atomic mass is 10.1. The maximum absolute atomic E-state index is 13.6. The second-order valence-corrected chi connectivity index (χ2v) is 8.24. The summed E-state index contributed by atoms with van der Waals surface area (Å²) in [5.74, 6) is -0.195. The standard InChI is InChI=1S/C24H22N2O5S/c1-30-20-11-10-16(13-21(20)31-2)23(28)25(15-18-9-6-12-32-18)19-14-22(27)26(24(19)29)17-7-4-3-5-8-17/h3-13,19H,14-15H2,1-2H3. The Kier molecular flexibility index (Phi) is 6.23. The first-order valence-corrected chi connectivity index (χ1v) is 10.9. The Bertz CT molecular complexity index is 1130. The Hall–Kier alpha value is -3.65. The van der Waals surface area contributed by atoms with E-state index in [-0.39, 0.29) is 24.8 Å². The summed E-state index contributed by atoms with van der Waals surface area (Å²) < 4.78 is 10.6. The van der Waals surface area contributed by atoms with Gasteiger partial charge >= 0.3 is 0 Å². The number of benzene rings is 2. The van der Waals surface area contributed by atoms with E-state index in [0.717, 1.165) is 9.78 Å².